The minimum atomic E-state index is -0.780. The second kappa shape index (κ2) is 11.7. The predicted octanol–water partition coefficient (Wildman–Crippen LogP) is 7.71. The molecule has 3 aromatic carbocycles. The quantitative estimate of drug-likeness (QED) is 0.221. The molecule has 1 fully saturated rings. The van der Waals surface area contributed by atoms with Crippen molar-refractivity contribution in [1.82, 2.24) is 0 Å². The zero-order chi connectivity index (χ0) is 23.6. The third-order valence-corrected chi connectivity index (χ3v) is 6.11. The summed E-state index contributed by atoms with van der Waals surface area (Å²) in [6.07, 6.45) is 8.67. The van der Waals surface area contributed by atoms with E-state index in [1.165, 1.54) is 60.9 Å². The van der Waals surface area contributed by atoms with E-state index in [4.69, 9.17) is 0 Å². The van der Waals surface area contributed by atoms with Crippen molar-refractivity contribution < 1.29 is 9.85 Å². The number of allylic oxidation sites excluding steroid dienone is 1. The molecule has 1 aliphatic carbocycles. The minimum absolute atomic E-state index is 0.484. The summed E-state index contributed by atoms with van der Waals surface area (Å²) in [6.45, 7) is 3.87. The lowest BCUT2D eigenvalue weighted by molar-refractivity contribution is -0.422. The highest BCUT2D eigenvalue weighted by molar-refractivity contribution is 5.63. The molecule has 0 radical (unpaired) electrons. The van der Waals surface area contributed by atoms with Gasteiger partial charge in [-0.2, -0.15) is 0 Å². The molecule has 0 unspecified atom stereocenters. The fourth-order valence-corrected chi connectivity index (χ4v) is 4.32. The molecule has 3 aromatic rings. The van der Waals surface area contributed by atoms with Gasteiger partial charge in [-0.1, -0.05) is 72.8 Å². The Labute approximate surface area is 193 Å². The molecular formula is C27H28N2O4. The van der Waals surface area contributed by atoms with E-state index in [9.17, 15) is 20.2 Å². The Balaban J connectivity index is 0.000000218. The first-order valence-electron chi connectivity index (χ1n) is 11.1. The number of benzene rings is 3. The first-order chi connectivity index (χ1) is 16.0. The number of hydrogen-bond donors (Lipinski definition) is 0. The largest absolute Gasteiger partial charge is 0.346 e. The Morgan fingerprint density at radius 3 is 1.70 bits per heavy atom. The molecule has 0 amide bonds. The molecule has 0 N–H and O–H groups in total. The lowest BCUT2D eigenvalue weighted by atomic mass is 9.77. The molecular weight excluding hydrogens is 416 g/mol. The van der Waals surface area contributed by atoms with Crippen LogP contribution >= 0.6 is 0 Å². The second-order valence-corrected chi connectivity index (χ2v) is 8.23. The molecule has 1 aliphatic rings. The Bertz CT molecular complexity index is 1040. The number of rotatable bonds is 6. The lowest BCUT2D eigenvalue weighted by Crippen LogP contribution is -2.12. The molecule has 0 heterocycles. The topological polar surface area (TPSA) is 86.3 Å². The van der Waals surface area contributed by atoms with E-state index in [1.807, 2.05) is 0 Å². The van der Waals surface area contributed by atoms with E-state index in [2.05, 4.69) is 67.3 Å². The summed E-state index contributed by atoms with van der Waals surface area (Å²) in [7, 11) is 0. The lowest BCUT2D eigenvalue weighted by Gasteiger charge is -2.28. The van der Waals surface area contributed by atoms with Gasteiger partial charge in [0.2, 0.25) is 0 Å². The Morgan fingerprint density at radius 1 is 0.727 bits per heavy atom. The molecule has 1 saturated carbocycles. The van der Waals surface area contributed by atoms with Gasteiger partial charge in [0.05, 0.1) is 9.85 Å². The van der Waals surface area contributed by atoms with Gasteiger partial charge >= 0.3 is 11.4 Å². The van der Waals surface area contributed by atoms with Crippen LogP contribution in [0.15, 0.2) is 91.5 Å². The van der Waals surface area contributed by atoms with Crippen molar-refractivity contribution >= 4 is 11.4 Å². The predicted molar refractivity (Wildman–Crippen MR) is 131 cm³/mol. The maximum absolute atomic E-state index is 10.2. The van der Waals surface area contributed by atoms with E-state index in [-0.39, 0.29) is 0 Å². The van der Waals surface area contributed by atoms with E-state index < -0.39 is 21.2 Å². The van der Waals surface area contributed by atoms with Crippen LogP contribution in [0.25, 0.3) is 11.1 Å². The van der Waals surface area contributed by atoms with E-state index in [0.717, 1.165) is 24.0 Å². The van der Waals surface area contributed by atoms with Crippen molar-refractivity contribution in [2.45, 2.75) is 38.0 Å². The summed E-state index contributed by atoms with van der Waals surface area (Å²) in [5.74, 6) is 1.64. The third kappa shape index (κ3) is 6.59. The van der Waals surface area contributed by atoms with Gasteiger partial charge in [0, 0.05) is 12.1 Å². The van der Waals surface area contributed by atoms with Gasteiger partial charge in [-0.15, -0.1) is 6.58 Å². The van der Waals surface area contributed by atoms with Crippen LogP contribution in [0.3, 0.4) is 0 Å². The summed E-state index contributed by atoms with van der Waals surface area (Å²) in [5.41, 5.74) is 3.18. The van der Waals surface area contributed by atoms with Crippen LogP contribution in [0.5, 0.6) is 0 Å². The maximum atomic E-state index is 10.2. The molecule has 170 valence electrons. The van der Waals surface area contributed by atoms with Crippen molar-refractivity contribution in [3.63, 3.8) is 0 Å². The average Bonchev–Trinajstić information content (AvgIpc) is 2.86. The zero-order valence-electron chi connectivity index (χ0n) is 18.5. The van der Waals surface area contributed by atoms with E-state index in [1.54, 1.807) is 0 Å². The molecule has 0 aliphatic heterocycles. The Kier molecular flexibility index (Phi) is 8.47. The fraction of sp³-hybridized carbons (Fsp3) is 0.259. The molecule has 0 aromatic heterocycles. The summed E-state index contributed by atoms with van der Waals surface area (Å²) < 4.78 is 0. The van der Waals surface area contributed by atoms with Crippen LogP contribution in [0, 0.1) is 26.1 Å². The standard InChI is InChI=1S/C21H24.C6H4N2O4/c1-2-6-17-9-11-19(12-10-17)21-15-13-20(14-16-21)18-7-4-3-5-8-18;9-7(10)5-3-1-2-4-6(5)8(11)12/h2-5,7-8,13-17,19H,1,6,9-12H2;1-4H. The monoisotopic (exact) mass is 444 g/mol. The van der Waals surface area contributed by atoms with Gasteiger partial charge < -0.3 is 0 Å². The summed E-state index contributed by atoms with van der Waals surface area (Å²) >= 11 is 0. The molecule has 6 heteroatoms. The molecule has 4 rings (SSSR count). The number of nitrogens with zero attached hydrogens (tertiary/aromatic N) is 2. The molecule has 6 nitrogen and oxygen atoms in total. The fourth-order valence-electron chi connectivity index (χ4n) is 4.32. The molecule has 33 heavy (non-hydrogen) atoms. The van der Waals surface area contributed by atoms with E-state index >= 15 is 0 Å². The molecule has 0 saturated heterocycles. The van der Waals surface area contributed by atoms with Gasteiger partial charge in [0.25, 0.3) is 0 Å². The Hall–Kier alpha value is -3.80. The average molecular weight is 445 g/mol. The number of nitro benzene ring substituents is 2. The molecule has 0 bridgehead atoms. The highest BCUT2D eigenvalue weighted by Gasteiger charge is 2.22. The minimum Gasteiger partial charge on any atom is -0.258 e. The summed E-state index contributed by atoms with van der Waals surface area (Å²) in [5, 5.41) is 20.5. The highest BCUT2D eigenvalue weighted by Crippen LogP contribution is 2.37. The van der Waals surface area contributed by atoms with Crippen LogP contribution in [-0.4, -0.2) is 9.85 Å². The molecule has 0 spiro atoms. The molecule has 0 atom stereocenters. The normalized spacial score (nSPS) is 17.3. The number of nitro groups is 2. The van der Waals surface area contributed by atoms with Crippen molar-refractivity contribution in [2.75, 3.05) is 0 Å². The SMILES string of the molecule is C=CCC1CCC(c2ccc(-c3ccccc3)cc2)CC1.O=[N+]([O-])c1ccccc1[N+](=O)[O-]. The first-order valence-corrected chi connectivity index (χ1v) is 11.1. The smallest absolute Gasteiger partial charge is 0.258 e. The zero-order valence-corrected chi connectivity index (χ0v) is 18.5. The van der Waals surface area contributed by atoms with Gasteiger partial charge in [0.15, 0.2) is 0 Å². The Morgan fingerprint density at radius 2 is 1.21 bits per heavy atom. The highest BCUT2D eigenvalue weighted by atomic mass is 16.6. The first kappa shape index (κ1) is 23.9. The number of para-hydroxylation sites is 2. The van der Waals surface area contributed by atoms with Crippen LogP contribution in [0.4, 0.5) is 11.4 Å². The summed E-state index contributed by atoms with van der Waals surface area (Å²) in [4.78, 5) is 18.9. The van der Waals surface area contributed by atoms with Gasteiger partial charge in [-0.25, -0.2) is 0 Å². The van der Waals surface area contributed by atoms with E-state index in [0.29, 0.717) is 0 Å². The van der Waals surface area contributed by atoms with Gasteiger partial charge in [-0.05, 0) is 60.6 Å². The number of hydrogen-bond acceptors (Lipinski definition) is 4. The van der Waals surface area contributed by atoms with Crippen LogP contribution in [-0.2, 0) is 0 Å². The van der Waals surface area contributed by atoms with Crippen LogP contribution in [0.2, 0.25) is 0 Å². The van der Waals surface area contributed by atoms with Gasteiger partial charge in [0.1, 0.15) is 0 Å². The van der Waals surface area contributed by atoms with Gasteiger partial charge in [-0.3, -0.25) is 20.2 Å². The second-order valence-electron chi connectivity index (χ2n) is 8.23. The van der Waals surface area contributed by atoms with Crippen molar-refractivity contribution in [2.24, 2.45) is 5.92 Å². The van der Waals surface area contributed by atoms with Crippen LogP contribution in [0.1, 0.15) is 43.6 Å². The van der Waals surface area contributed by atoms with Crippen molar-refractivity contribution in [3.8, 4) is 11.1 Å². The maximum Gasteiger partial charge on any atom is 0.346 e. The van der Waals surface area contributed by atoms with Crippen molar-refractivity contribution in [3.05, 3.63) is 117 Å². The summed E-state index contributed by atoms with van der Waals surface area (Å²) in [6, 6.07) is 24.8. The van der Waals surface area contributed by atoms with Crippen LogP contribution < -0.4 is 0 Å². The van der Waals surface area contributed by atoms with Crippen molar-refractivity contribution in [1.29, 1.82) is 0 Å². The third-order valence-electron chi connectivity index (χ3n) is 6.11.